The van der Waals surface area contributed by atoms with E-state index in [4.69, 9.17) is 9.84 Å². The number of ether oxygens (including phenoxy) is 1. The van der Waals surface area contributed by atoms with Crippen LogP contribution in [0, 0.1) is 0 Å². The zero-order valence-electron chi connectivity index (χ0n) is 12.5. The zero-order valence-corrected chi connectivity index (χ0v) is 12.5. The molecule has 1 saturated heterocycles. The van der Waals surface area contributed by atoms with Crippen LogP contribution in [0.25, 0.3) is 0 Å². The number of halogens is 3. The minimum Gasteiger partial charge on any atom is -0.479 e. The van der Waals surface area contributed by atoms with Gasteiger partial charge >= 0.3 is 12.1 Å². The van der Waals surface area contributed by atoms with Gasteiger partial charge in [0.2, 0.25) is 5.91 Å². The monoisotopic (exact) mass is 343 g/mol. The van der Waals surface area contributed by atoms with Crippen LogP contribution in [0.3, 0.4) is 0 Å². The van der Waals surface area contributed by atoms with E-state index in [-0.39, 0.29) is 23.9 Å². The van der Waals surface area contributed by atoms with E-state index < -0.39 is 35.8 Å². The van der Waals surface area contributed by atoms with Crippen LogP contribution >= 0.6 is 0 Å². The van der Waals surface area contributed by atoms with E-state index >= 15 is 0 Å². The van der Waals surface area contributed by atoms with Crippen LogP contribution in [0.4, 0.5) is 13.2 Å². The molecule has 2 fully saturated rings. The fraction of sp³-hybridized carbons (Fsp3) is 0.500. The molecule has 1 amide bonds. The van der Waals surface area contributed by atoms with Crippen molar-refractivity contribution in [3.8, 4) is 0 Å². The Bertz CT molecular complexity index is 661. The molecule has 2 unspecified atom stereocenters. The number of carbonyl (C=O) groups is 2. The zero-order chi connectivity index (χ0) is 17.5. The van der Waals surface area contributed by atoms with E-state index in [1.807, 2.05) is 0 Å². The summed E-state index contributed by atoms with van der Waals surface area (Å²) in [6, 6.07) is 4.95. The Balaban J connectivity index is 1.61. The van der Waals surface area contributed by atoms with E-state index in [0.717, 1.165) is 6.07 Å². The first-order chi connectivity index (χ1) is 11.3. The Morgan fingerprint density at radius 3 is 2.46 bits per heavy atom. The molecule has 1 aliphatic carbocycles. The predicted molar refractivity (Wildman–Crippen MR) is 76.3 cm³/mol. The summed E-state index contributed by atoms with van der Waals surface area (Å²) in [5.74, 6) is -1.96. The molecule has 24 heavy (non-hydrogen) atoms. The molecule has 2 aliphatic rings. The van der Waals surface area contributed by atoms with Crippen LogP contribution in [-0.2, 0) is 20.5 Å². The van der Waals surface area contributed by atoms with Crippen LogP contribution in [0.15, 0.2) is 24.3 Å². The van der Waals surface area contributed by atoms with Gasteiger partial charge in [0.25, 0.3) is 0 Å². The summed E-state index contributed by atoms with van der Waals surface area (Å²) >= 11 is 0. The normalized spacial score (nSPS) is 29.3. The van der Waals surface area contributed by atoms with Crippen molar-refractivity contribution in [2.45, 2.75) is 49.6 Å². The minimum absolute atomic E-state index is 0.172. The lowest BCUT2D eigenvalue weighted by Gasteiger charge is -2.14. The number of carbonyl (C=O) groups excluding carboxylic acids is 1. The maximum atomic E-state index is 13.0. The summed E-state index contributed by atoms with van der Waals surface area (Å²) in [4.78, 5) is 22.9. The first-order valence-electron chi connectivity index (χ1n) is 7.62. The van der Waals surface area contributed by atoms with Crippen molar-refractivity contribution in [1.82, 2.24) is 5.32 Å². The molecule has 0 spiro atoms. The SMILES string of the molecule is O=C(NC1CC1c1ccccc1C(F)(F)F)[C@@H]1CC[C@H](C(=O)O)O1. The number of rotatable bonds is 4. The van der Waals surface area contributed by atoms with Crippen LogP contribution in [0.1, 0.15) is 36.3 Å². The predicted octanol–water partition coefficient (Wildman–Crippen LogP) is 2.31. The third-order valence-electron chi connectivity index (χ3n) is 4.37. The highest BCUT2D eigenvalue weighted by Gasteiger charge is 2.46. The number of carboxylic acids is 1. The van der Waals surface area contributed by atoms with Crippen LogP contribution in [-0.4, -0.2) is 35.2 Å². The summed E-state index contributed by atoms with van der Waals surface area (Å²) < 4.78 is 44.2. The maximum Gasteiger partial charge on any atom is 0.416 e. The lowest BCUT2D eigenvalue weighted by Crippen LogP contribution is -2.37. The van der Waals surface area contributed by atoms with Gasteiger partial charge in [-0.25, -0.2) is 4.79 Å². The third-order valence-corrected chi connectivity index (χ3v) is 4.37. The Hall–Kier alpha value is -2.09. The fourth-order valence-electron chi connectivity index (χ4n) is 3.06. The molecule has 2 N–H and O–H groups in total. The van der Waals surface area contributed by atoms with Crippen molar-refractivity contribution < 1.29 is 32.6 Å². The van der Waals surface area contributed by atoms with E-state index in [1.54, 1.807) is 6.07 Å². The lowest BCUT2D eigenvalue weighted by atomic mass is 10.0. The van der Waals surface area contributed by atoms with Crippen molar-refractivity contribution in [3.63, 3.8) is 0 Å². The number of benzene rings is 1. The number of amides is 1. The Morgan fingerprint density at radius 2 is 1.83 bits per heavy atom. The number of nitrogens with one attached hydrogen (secondary N) is 1. The third kappa shape index (κ3) is 3.38. The van der Waals surface area contributed by atoms with E-state index in [0.29, 0.717) is 12.8 Å². The highest BCUT2D eigenvalue weighted by molar-refractivity contribution is 5.83. The summed E-state index contributed by atoms with van der Waals surface area (Å²) in [7, 11) is 0. The van der Waals surface area contributed by atoms with Crippen molar-refractivity contribution >= 4 is 11.9 Å². The maximum absolute atomic E-state index is 13.0. The molecule has 1 saturated carbocycles. The summed E-state index contributed by atoms with van der Waals surface area (Å²) in [5.41, 5.74) is -0.513. The molecule has 8 heteroatoms. The lowest BCUT2D eigenvalue weighted by molar-refractivity contribution is -0.151. The van der Waals surface area contributed by atoms with Gasteiger partial charge in [-0.2, -0.15) is 13.2 Å². The molecule has 5 nitrogen and oxygen atoms in total. The molecule has 0 bridgehead atoms. The molecule has 130 valence electrons. The first kappa shape index (κ1) is 16.8. The summed E-state index contributed by atoms with van der Waals surface area (Å²) in [5, 5.41) is 11.5. The topological polar surface area (TPSA) is 75.6 Å². The van der Waals surface area contributed by atoms with Crippen LogP contribution in [0.5, 0.6) is 0 Å². The molecule has 1 heterocycles. The number of carboxylic acid groups (broad SMARTS) is 1. The second kappa shape index (κ2) is 6.08. The molecule has 0 aromatic heterocycles. The fourth-order valence-corrected chi connectivity index (χ4v) is 3.06. The van der Waals surface area contributed by atoms with Gasteiger partial charge in [-0.1, -0.05) is 18.2 Å². The highest BCUT2D eigenvalue weighted by Crippen LogP contribution is 2.46. The van der Waals surface area contributed by atoms with Gasteiger partial charge in [0, 0.05) is 12.0 Å². The van der Waals surface area contributed by atoms with Gasteiger partial charge in [-0.05, 0) is 30.9 Å². The van der Waals surface area contributed by atoms with Gasteiger partial charge in [-0.15, -0.1) is 0 Å². The quantitative estimate of drug-likeness (QED) is 0.880. The first-order valence-corrected chi connectivity index (χ1v) is 7.62. The van der Waals surface area contributed by atoms with Crippen LogP contribution in [0.2, 0.25) is 0 Å². The largest absolute Gasteiger partial charge is 0.479 e. The van der Waals surface area contributed by atoms with Gasteiger partial charge in [0.1, 0.15) is 6.10 Å². The number of alkyl halides is 3. The van der Waals surface area contributed by atoms with Gasteiger partial charge < -0.3 is 15.2 Å². The van der Waals surface area contributed by atoms with E-state index in [1.165, 1.54) is 12.1 Å². The number of hydrogen-bond acceptors (Lipinski definition) is 3. The highest BCUT2D eigenvalue weighted by atomic mass is 19.4. The Labute approximate surface area is 135 Å². The number of aliphatic carboxylic acids is 1. The molecular weight excluding hydrogens is 327 g/mol. The molecule has 4 atom stereocenters. The molecule has 1 aromatic rings. The van der Waals surface area contributed by atoms with Crippen molar-refractivity contribution in [1.29, 1.82) is 0 Å². The molecule has 3 rings (SSSR count). The average molecular weight is 343 g/mol. The average Bonchev–Trinajstić information content (AvgIpc) is 3.08. The second-order valence-corrected chi connectivity index (χ2v) is 6.07. The van der Waals surface area contributed by atoms with E-state index in [9.17, 15) is 22.8 Å². The minimum atomic E-state index is -4.43. The van der Waals surface area contributed by atoms with Crippen molar-refractivity contribution in [2.24, 2.45) is 0 Å². The Kier molecular flexibility index (Phi) is 4.25. The summed E-state index contributed by atoms with van der Waals surface area (Å²) in [6.45, 7) is 0. The standard InChI is InChI=1S/C16H16F3NO4/c17-16(18,19)10-4-2-1-3-8(10)9-7-11(9)20-14(21)12-5-6-13(24-12)15(22)23/h1-4,9,11-13H,5-7H2,(H,20,21)(H,22,23)/t9?,11?,12-,13+/m0/s1. The molecule has 1 aromatic carbocycles. The van der Waals surface area contributed by atoms with Crippen molar-refractivity contribution in [3.05, 3.63) is 35.4 Å². The van der Waals surface area contributed by atoms with Gasteiger partial charge in [0.05, 0.1) is 5.56 Å². The smallest absolute Gasteiger partial charge is 0.416 e. The Morgan fingerprint density at radius 1 is 1.17 bits per heavy atom. The van der Waals surface area contributed by atoms with Gasteiger partial charge in [-0.3, -0.25) is 4.79 Å². The van der Waals surface area contributed by atoms with Gasteiger partial charge in [0.15, 0.2) is 6.10 Å². The molecule has 0 radical (unpaired) electrons. The molecule has 1 aliphatic heterocycles. The van der Waals surface area contributed by atoms with Crippen LogP contribution < -0.4 is 5.32 Å². The second-order valence-electron chi connectivity index (χ2n) is 6.07. The number of hydrogen-bond donors (Lipinski definition) is 2. The van der Waals surface area contributed by atoms with E-state index in [2.05, 4.69) is 5.32 Å². The van der Waals surface area contributed by atoms with Crippen molar-refractivity contribution in [2.75, 3.05) is 0 Å². The molecular formula is C16H16F3NO4. The summed E-state index contributed by atoms with van der Waals surface area (Å²) in [6.07, 6.45) is -5.32.